The number of aromatic nitrogens is 3. The highest BCUT2D eigenvalue weighted by Crippen LogP contribution is 2.34. The van der Waals surface area contributed by atoms with E-state index >= 15 is 0 Å². The summed E-state index contributed by atoms with van der Waals surface area (Å²) in [7, 11) is 0. The summed E-state index contributed by atoms with van der Waals surface area (Å²) in [6.45, 7) is 7.23. The molecular formula is C24H26N4O. The Morgan fingerprint density at radius 2 is 1.86 bits per heavy atom. The summed E-state index contributed by atoms with van der Waals surface area (Å²) in [5.41, 5.74) is 9.06. The van der Waals surface area contributed by atoms with E-state index in [1.54, 1.807) is 0 Å². The number of benzene rings is 2. The van der Waals surface area contributed by atoms with Crippen molar-refractivity contribution in [2.45, 2.75) is 33.7 Å². The fourth-order valence-corrected chi connectivity index (χ4v) is 3.90. The predicted octanol–water partition coefficient (Wildman–Crippen LogP) is 4.95. The molecule has 2 heterocycles. The second-order valence-corrected chi connectivity index (χ2v) is 7.89. The van der Waals surface area contributed by atoms with Gasteiger partial charge in [-0.25, -0.2) is 4.98 Å². The van der Waals surface area contributed by atoms with E-state index in [-0.39, 0.29) is 0 Å². The third-order valence-corrected chi connectivity index (χ3v) is 5.46. The highest BCUT2D eigenvalue weighted by molar-refractivity contribution is 6.06. The first kappa shape index (κ1) is 19.0. The molecule has 148 valence electrons. The first-order valence-electron chi connectivity index (χ1n) is 9.97. The average molecular weight is 386 g/mol. The van der Waals surface area contributed by atoms with Crippen LogP contribution in [0.15, 0.2) is 61.2 Å². The van der Waals surface area contributed by atoms with Gasteiger partial charge in [-0.05, 0) is 35.6 Å². The van der Waals surface area contributed by atoms with Crippen LogP contribution in [0.3, 0.4) is 0 Å². The zero-order valence-electron chi connectivity index (χ0n) is 17.1. The Hall–Kier alpha value is -3.34. The molecule has 0 unspecified atom stereocenters. The number of rotatable bonds is 6. The van der Waals surface area contributed by atoms with Gasteiger partial charge in [0.2, 0.25) is 0 Å². The maximum absolute atomic E-state index is 12.4. The molecule has 0 radical (unpaired) electrons. The first-order valence-corrected chi connectivity index (χ1v) is 9.97. The monoisotopic (exact) mass is 386 g/mol. The van der Waals surface area contributed by atoms with Crippen LogP contribution in [0, 0.1) is 12.8 Å². The Balaban J connectivity index is 1.90. The van der Waals surface area contributed by atoms with E-state index in [0.717, 1.165) is 46.4 Å². The lowest BCUT2D eigenvalue weighted by molar-refractivity contribution is 0.100. The molecule has 0 atom stereocenters. The molecule has 4 aromatic rings. The number of hydrogen-bond donors (Lipinski definition) is 1. The van der Waals surface area contributed by atoms with Gasteiger partial charge in [-0.2, -0.15) is 0 Å². The van der Waals surface area contributed by atoms with Crippen LogP contribution in [0.5, 0.6) is 0 Å². The zero-order chi connectivity index (χ0) is 20.5. The Labute approximate surface area is 170 Å². The Morgan fingerprint density at radius 1 is 1.10 bits per heavy atom. The van der Waals surface area contributed by atoms with Crippen molar-refractivity contribution in [1.82, 2.24) is 14.1 Å². The predicted molar refractivity (Wildman–Crippen MR) is 117 cm³/mol. The molecule has 2 N–H and O–H groups in total. The summed E-state index contributed by atoms with van der Waals surface area (Å²) in [5, 5.41) is 2.23. The van der Waals surface area contributed by atoms with Crippen LogP contribution < -0.4 is 5.73 Å². The van der Waals surface area contributed by atoms with Crippen molar-refractivity contribution in [2.24, 2.45) is 11.7 Å². The van der Waals surface area contributed by atoms with Crippen molar-refractivity contribution in [3.05, 3.63) is 72.4 Å². The molecule has 0 aliphatic rings. The number of hydrogen-bond acceptors (Lipinski definition) is 2. The normalized spacial score (nSPS) is 11.4. The van der Waals surface area contributed by atoms with Crippen molar-refractivity contribution in [3.63, 3.8) is 0 Å². The molecule has 4 rings (SSSR count). The van der Waals surface area contributed by atoms with Crippen LogP contribution in [0.25, 0.3) is 27.7 Å². The van der Waals surface area contributed by atoms with Gasteiger partial charge in [-0.15, -0.1) is 0 Å². The number of fused-ring (bicyclic) bond motifs is 1. The molecule has 0 spiro atoms. The number of imidazole rings is 1. The van der Waals surface area contributed by atoms with Crippen LogP contribution in [-0.2, 0) is 6.54 Å². The fraction of sp³-hybridized carbons (Fsp3) is 0.250. The molecule has 0 saturated carbocycles. The number of primary amides is 1. The second-order valence-electron chi connectivity index (χ2n) is 7.89. The lowest BCUT2D eigenvalue weighted by Gasteiger charge is -2.12. The highest BCUT2D eigenvalue weighted by Gasteiger charge is 2.21. The standard InChI is InChI=1S/C24H26N4O/c1-16(2)11-12-27-15-26-13-22(27)28-14-21(23(17(28)3)24(25)29)20-10-6-8-18-7-4-5-9-19(18)20/h4-10,13-16H,11-12H2,1-3H3,(H2,25,29). The number of carbonyl (C=O) groups is 1. The van der Waals surface area contributed by atoms with E-state index in [2.05, 4.69) is 41.6 Å². The van der Waals surface area contributed by atoms with Crippen LogP contribution in [-0.4, -0.2) is 20.0 Å². The van der Waals surface area contributed by atoms with Gasteiger partial charge in [-0.1, -0.05) is 56.3 Å². The van der Waals surface area contributed by atoms with Crippen LogP contribution in [0.2, 0.25) is 0 Å². The van der Waals surface area contributed by atoms with E-state index in [9.17, 15) is 4.79 Å². The van der Waals surface area contributed by atoms with Crippen LogP contribution in [0.1, 0.15) is 36.3 Å². The number of nitrogens with zero attached hydrogens (tertiary/aromatic N) is 3. The fourth-order valence-electron chi connectivity index (χ4n) is 3.90. The molecule has 0 bridgehead atoms. The third kappa shape index (κ3) is 3.44. The van der Waals surface area contributed by atoms with Gasteiger partial charge in [0.05, 0.1) is 18.1 Å². The number of amides is 1. The SMILES string of the molecule is Cc1c(C(N)=O)c(-c2cccc3ccccc23)cn1-c1cncn1CCC(C)C. The van der Waals surface area contributed by atoms with E-state index in [0.29, 0.717) is 11.5 Å². The number of aryl methyl sites for hydroxylation is 1. The molecule has 5 heteroatoms. The van der Waals surface area contributed by atoms with Crippen molar-refractivity contribution >= 4 is 16.7 Å². The highest BCUT2D eigenvalue weighted by atomic mass is 16.1. The van der Waals surface area contributed by atoms with Crippen molar-refractivity contribution in [2.75, 3.05) is 0 Å². The summed E-state index contributed by atoms with van der Waals surface area (Å²) in [4.78, 5) is 16.8. The van der Waals surface area contributed by atoms with Crippen LogP contribution >= 0.6 is 0 Å². The van der Waals surface area contributed by atoms with Crippen molar-refractivity contribution in [1.29, 1.82) is 0 Å². The Kier molecular flexibility index (Phi) is 4.97. The first-order chi connectivity index (χ1) is 14.0. The van der Waals surface area contributed by atoms with E-state index in [4.69, 9.17) is 5.73 Å². The summed E-state index contributed by atoms with van der Waals surface area (Å²) < 4.78 is 4.16. The lowest BCUT2D eigenvalue weighted by Crippen LogP contribution is -2.14. The largest absolute Gasteiger partial charge is 0.366 e. The maximum atomic E-state index is 12.4. The molecular weight excluding hydrogens is 360 g/mol. The van der Waals surface area contributed by atoms with Crippen molar-refractivity contribution < 1.29 is 4.79 Å². The number of nitrogens with two attached hydrogens (primary N) is 1. The maximum Gasteiger partial charge on any atom is 0.251 e. The molecule has 0 aliphatic heterocycles. The number of carbonyl (C=O) groups excluding carboxylic acids is 1. The molecule has 2 aromatic carbocycles. The van der Waals surface area contributed by atoms with Gasteiger partial charge >= 0.3 is 0 Å². The summed E-state index contributed by atoms with van der Waals surface area (Å²) in [5.74, 6) is 1.12. The second kappa shape index (κ2) is 7.59. The smallest absolute Gasteiger partial charge is 0.251 e. The Bertz CT molecular complexity index is 1180. The molecule has 0 aliphatic carbocycles. The minimum atomic E-state index is -0.419. The van der Waals surface area contributed by atoms with Gasteiger partial charge in [0.25, 0.3) is 5.91 Å². The summed E-state index contributed by atoms with van der Waals surface area (Å²) in [6.07, 6.45) is 6.76. The van der Waals surface area contributed by atoms with Gasteiger partial charge in [0, 0.05) is 24.0 Å². The van der Waals surface area contributed by atoms with Gasteiger partial charge < -0.3 is 14.9 Å². The zero-order valence-corrected chi connectivity index (χ0v) is 17.1. The summed E-state index contributed by atoms with van der Waals surface area (Å²) in [6, 6.07) is 14.3. The minimum Gasteiger partial charge on any atom is -0.366 e. The summed E-state index contributed by atoms with van der Waals surface area (Å²) >= 11 is 0. The van der Waals surface area contributed by atoms with Gasteiger partial charge in [0.1, 0.15) is 5.82 Å². The average Bonchev–Trinajstić information content (AvgIpc) is 3.29. The minimum absolute atomic E-state index is 0.419. The molecule has 1 amide bonds. The molecule has 29 heavy (non-hydrogen) atoms. The topological polar surface area (TPSA) is 65.8 Å². The third-order valence-electron chi connectivity index (χ3n) is 5.46. The van der Waals surface area contributed by atoms with E-state index in [1.807, 2.05) is 54.5 Å². The molecule has 0 fully saturated rings. The quantitative estimate of drug-likeness (QED) is 0.510. The van der Waals surface area contributed by atoms with E-state index in [1.165, 1.54) is 0 Å². The molecule has 0 saturated heterocycles. The van der Waals surface area contributed by atoms with Gasteiger partial charge in [0.15, 0.2) is 0 Å². The van der Waals surface area contributed by atoms with Crippen LogP contribution in [0.4, 0.5) is 0 Å². The Morgan fingerprint density at radius 3 is 2.62 bits per heavy atom. The molecule has 2 aromatic heterocycles. The van der Waals surface area contributed by atoms with Gasteiger partial charge in [-0.3, -0.25) is 4.79 Å². The van der Waals surface area contributed by atoms with Crippen molar-refractivity contribution in [3.8, 4) is 16.9 Å². The lowest BCUT2D eigenvalue weighted by atomic mass is 9.96. The molecule has 5 nitrogen and oxygen atoms in total. The van der Waals surface area contributed by atoms with E-state index < -0.39 is 5.91 Å².